The topological polar surface area (TPSA) is 55.4 Å². The SMILES string of the molecule is COC(=O)/C(=C/c1cc(C)cc(C)c1)NC(C)=O. The zero-order valence-electron chi connectivity index (χ0n) is 11.0. The van der Waals surface area contributed by atoms with Crippen LogP contribution in [0.3, 0.4) is 0 Å². The van der Waals surface area contributed by atoms with E-state index in [4.69, 9.17) is 0 Å². The van der Waals surface area contributed by atoms with Gasteiger partial charge in [0, 0.05) is 6.92 Å². The highest BCUT2D eigenvalue weighted by Crippen LogP contribution is 2.12. The van der Waals surface area contributed by atoms with Crippen molar-refractivity contribution in [3.63, 3.8) is 0 Å². The van der Waals surface area contributed by atoms with E-state index in [1.807, 2.05) is 32.0 Å². The van der Waals surface area contributed by atoms with Crippen LogP contribution in [0.1, 0.15) is 23.6 Å². The highest BCUT2D eigenvalue weighted by atomic mass is 16.5. The second-order valence-corrected chi connectivity index (χ2v) is 4.15. The number of esters is 1. The van der Waals surface area contributed by atoms with E-state index in [0.717, 1.165) is 16.7 Å². The van der Waals surface area contributed by atoms with Gasteiger partial charge in [-0.2, -0.15) is 0 Å². The highest BCUT2D eigenvalue weighted by Gasteiger charge is 2.11. The summed E-state index contributed by atoms with van der Waals surface area (Å²) in [6.07, 6.45) is 1.60. The summed E-state index contributed by atoms with van der Waals surface area (Å²) < 4.78 is 4.62. The van der Waals surface area contributed by atoms with E-state index in [2.05, 4.69) is 10.1 Å². The van der Waals surface area contributed by atoms with Crippen molar-refractivity contribution in [2.24, 2.45) is 0 Å². The van der Waals surface area contributed by atoms with Gasteiger partial charge in [-0.05, 0) is 25.5 Å². The molecule has 18 heavy (non-hydrogen) atoms. The molecule has 1 rings (SSSR count). The van der Waals surface area contributed by atoms with Crippen LogP contribution < -0.4 is 5.32 Å². The summed E-state index contributed by atoms with van der Waals surface area (Å²) in [6, 6.07) is 5.89. The number of nitrogens with one attached hydrogen (secondary N) is 1. The molecular formula is C14H17NO3. The van der Waals surface area contributed by atoms with Gasteiger partial charge in [0.2, 0.25) is 5.91 Å². The van der Waals surface area contributed by atoms with Crippen LogP contribution in [-0.2, 0) is 14.3 Å². The molecule has 0 atom stereocenters. The number of aryl methyl sites for hydroxylation is 2. The molecule has 0 aromatic heterocycles. The average molecular weight is 247 g/mol. The standard InChI is InChI=1S/C14H17NO3/c1-9-5-10(2)7-12(6-9)8-13(14(17)18-4)15-11(3)16/h5-8H,1-4H3,(H,15,16)/b13-8-. The molecule has 0 spiro atoms. The summed E-state index contributed by atoms with van der Waals surface area (Å²) in [5.41, 5.74) is 3.17. The molecule has 0 fully saturated rings. The maximum atomic E-state index is 11.5. The van der Waals surface area contributed by atoms with Gasteiger partial charge in [0.1, 0.15) is 5.70 Å². The number of carbonyl (C=O) groups excluding carboxylic acids is 2. The van der Waals surface area contributed by atoms with Crippen molar-refractivity contribution >= 4 is 18.0 Å². The number of ether oxygens (including phenoxy) is 1. The van der Waals surface area contributed by atoms with Crippen LogP contribution in [0.2, 0.25) is 0 Å². The number of hydrogen-bond donors (Lipinski definition) is 1. The van der Waals surface area contributed by atoms with Gasteiger partial charge in [0.25, 0.3) is 0 Å². The largest absolute Gasteiger partial charge is 0.464 e. The van der Waals surface area contributed by atoms with E-state index in [0.29, 0.717) is 0 Å². The number of benzene rings is 1. The van der Waals surface area contributed by atoms with Gasteiger partial charge in [-0.25, -0.2) is 4.79 Å². The van der Waals surface area contributed by atoms with Crippen LogP contribution in [0, 0.1) is 13.8 Å². The Morgan fingerprint density at radius 2 is 1.72 bits per heavy atom. The Hall–Kier alpha value is -2.10. The van der Waals surface area contributed by atoms with Crippen LogP contribution in [0.15, 0.2) is 23.9 Å². The van der Waals surface area contributed by atoms with Crippen molar-refractivity contribution in [2.45, 2.75) is 20.8 Å². The van der Waals surface area contributed by atoms with E-state index in [-0.39, 0.29) is 11.6 Å². The summed E-state index contributed by atoms with van der Waals surface area (Å²) >= 11 is 0. The van der Waals surface area contributed by atoms with Crippen molar-refractivity contribution in [1.29, 1.82) is 0 Å². The van der Waals surface area contributed by atoms with Crippen LogP contribution in [0.4, 0.5) is 0 Å². The summed E-state index contributed by atoms with van der Waals surface area (Å²) in [4.78, 5) is 22.6. The van der Waals surface area contributed by atoms with Gasteiger partial charge >= 0.3 is 5.97 Å². The highest BCUT2D eigenvalue weighted by molar-refractivity contribution is 5.97. The number of amides is 1. The molecule has 0 heterocycles. The van der Waals surface area contributed by atoms with Crippen LogP contribution in [-0.4, -0.2) is 19.0 Å². The number of rotatable bonds is 3. The Labute approximate surface area is 107 Å². The van der Waals surface area contributed by atoms with Crippen molar-refractivity contribution in [1.82, 2.24) is 5.32 Å². The van der Waals surface area contributed by atoms with Gasteiger partial charge in [-0.1, -0.05) is 29.3 Å². The van der Waals surface area contributed by atoms with Crippen LogP contribution >= 0.6 is 0 Å². The summed E-state index contributed by atoms with van der Waals surface area (Å²) in [7, 11) is 1.28. The smallest absolute Gasteiger partial charge is 0.354 e. The summed E-state index contributed by atoms with van der Waals surface area (Å²) in [5.74, 6) is -0.875. The first-order chi connectivity index (χ1) is 8.42. The molecule has 4 nitrogen and oxygen atoms in total. The molecule has 0 radical (unpaired) electrons. The third-order valence-electron chi connectivity index (χ3n) is 2.27. The number of hydrogen-bond acceptors (Lipinski definition) is 3. The van der Waals surface area contributed by atoms with E-state index >= 15 is 0 Å². The molecule has 0 unspecified atom stereocenters. The van der Waals surface area contributed by atoms with Gasteiger partial charge in [0.05, 0.1) is 7.11 Å². The predicted molar refractivity (Wildman–Crippen MR) is 69.7 cm³/mol. The lowest BCUT2D eigenvalue weighted by Gasteiger charge is -2.07. The summed E-state index contributed by atoms with van der Waals surface area (Å²) in [5, 5.41) is 2.47. The second kappa shape index (κ2) is 6.00. The molecule has 1 aromatic rings. The fourth-order valence-corrected chi connectivity index (χ4v) is 1.71. The molecule has 1 N–H and O–H groups in total. The van der Waals surface area contributed by atoms with Gasteiger partial charge < -0.3 is 10.1 Å². The molecule has 0 aliphatic carbocycles. The van der Waals surface area contributed by atoms with Gasteiger partial charge in [-0.15, -0.1) is 0 Å². The van der Waals surface area contributed by atoms with Crippen molar-refractivity contribution in [3.8, 4) is 0 Å². The Bertz CT molecular complexity index is 484. The molecule has 0 bridgehead atoms. The first kappa shape index (κ1) is 14.0. The second-order valence-electron chi connectivity index (χ2n) is 4.15. The zero-order chi connectivity index (χ0) is 13.7. The van der Waals surface area contributed by atoms with E-state index < -0.39 is 5.97 Å². The molecular weight excluding hydrogens is 230 g/mol. The Morgan fingerprint density at radius 3 is 2.17 bits per heavy atom. The normalized spacial score (nSPS) is 11.0. The maximum absolute atomic E-state index is 11.5. The minimum absolute atomic E-state index is 0.134. The van der Waals surface area contributed by atoms with Crippen molar-refractivity contribution < 1.29 is 14.3 Å². The Kier molecular flexibility index (Phi) is 4.66. The number of methoxy groups -OCH3 is 1. The lowest BCUT2D eigenvalue weighted by molar-refractivity contribution is -0.137. The van der Waals surface area contributed by atoms with E-state index in [1.54, 1.807) is 6.08 Å². The quantitative estimate of drug-likeness (QED) is 0.656. The lowest BCUT2D eigenvalue weighted by Crippen LogP contribution is -2.25. The molecule has 1 aromatic carbocycles. The Morgan fingerprint density at radius 1 is 1.17 bits per heavy atom. The monoisotopic (exact) mass is 247 g/mol. The van der Waals surface area contributed by atoms with Crippen LogP contribution in [0.25, 0.3) is 6.08 Å². The minimum atomic E-state index is -0.565. The third kappa shape index (κ3) is 4.05. The maximum Gasteiger partial charge on any atom is 0.354 e. The average Bonchev–Trinajstić information content (AvgIpc) is 2.25. The van der Waals surface area contributed by atoms with Gasteiger partial charge in [0.15, 0.2) is 0 Å². The first-order valence-electron chi connectivity index (χ1n) is 5.58. The number of carbonyl (C=O) groups is 2. The molecule has 0 aliphatic rings. The Balaban J connectivity index is 3.13. The predicted octanol–water partition coefficient (Wildman–Crippen LogP) is 1.95. The molecule has 0 saturated heterocycles. The summed E-state index contributed by atoms with van der Waals surface area (Å²) in [6.45, 7) is 5.29. The van der Waals surface area contributed by atoms with E-state index in [1.165, 1.54) is 14.0 Å². The third-order valence-corrected chi connectivity index (χ3v) is 2.27. The fourth-order valence-electron chi connectivity index (χ4n) is 1.71. The fraction of sp³-hybridized carbons (Fsp3) is 0.286. The minimum Gasteiger partial charge on any atom is -0.464 e. The van der Waals surface area contributed by atoms with Crippen LogP contribution in [0.5, 0.6) is 0 Å². The molecule has 96 valence electrons. The molecule has 0 saturated carbocycles. The van der Waals surface area contributed by atoms with Gasteiger partial charge in [-0.3, -0.25) is 4.79 Å². The molecule has 1 amide bonds. The molecule has 4 heteroatoms. The zero-order valence-corrected chi connectivity index (χ0v) is 11.0. The lowest BCUT2D eigenvalue weighted by atomic mass is 10.1. The van der Waals surface area contributed by atoms with Crippen molar-refractivity contribution in [2.75, 3.05) is 7.11 Å². The molecule has 0 aliphatic heterocycles. The first-order valence-corrected chi connectivity index (χ1v) is 5.58. The van der Waals surface area contributed by atoms with E-state index in [9.17, 15) is 9.59 Å². The van der Waals surface area contributed by atoms with Crippen molar-refractivity contribution in [3.05, 3.63) is 40.6 Å².